The summed E-state index contributed by atoms with van der Waals surface area (Å²) in [5, 5.41) is 0. The minimum Gasteiger partial charge on any atom is -0.443 e. The molecule has 0 atom stereocenters. The van der Waals surface area contributed by atoms with Gasteiger partial charge in [0.1, 0.15) is 5.52 Å². The van der Waals surface area contributed by atoms with E-state index in [-0.39, 0.29) is 11.9 Å². The van der Waals surface area contributed by atoms with Gasteiger partial charge in [-0.15, -0.1) is 0 Å². The van der Waals surface area contributed by atoms with Gasteiger partial charge in [0.25, 0.3) is 5.91 Å². The molecule has 0 spiro atoms. The molecule has 128 valence electrons. The fourth-order valence-electron chi connectivity index (χ4n) is 2.97. The van der Waals surface area contributed by atoms with E-state index < -0.39 is 0 Å². The number of piperazine rings is 1. The number of urea groups is 1. The Labute approximate surface area is 140 Å². The minimum absolute atomic E-state index is 0.0326. The van der Waals surface area contributed by atoms with Crippen LogP contribution in [-0.2, 0) is 0 Å². The molecule has 0 N–H and O–H groups in total. The smallest absolute Gasteiger partial charge is 0.320 e. The number of hydrogen-bond acceptors (Lipinski definition) is 4. The minimum atomic E-state index is -0.0326. The predicted molar refractivity (Wildman–Crippen MR) is 89.8 cm³/mol. The maximum Gasteiger partial charge on any atom is 0.320 e. The zero-order chi connectivity index (χ0) is 17.1. The van der Waals surface area contributed by atoms with Gasteiger partial charge in [0.05, 0.1) is 0 Å². The van der Waals surface area contributed by atoms with Crippen LogP contribution in [0.15, 0.2) is 29.0 Å². The van der Waals surface area contributed by atoms with Crippen molar-refractivity contribution in [2.45, 2.75) is 13.8 Å². The summed E-state index contributed by atoms with van der Waals surface area (Å²) in [4.78, 5) is 34.5. The predicted octanol–water partition coefficient (Wildman–Crippen LogP) is 2.05. The number of amides is 3. The molecule has 2 heterocycles. The first-order chi connectivity index (χ1) is 11.6. The summed E-state index contributed by atoms with van der Waals surface area (Å²) >= 11 is 0. The van der Waals surface area contributed by atoms with E-state index in [4.69, 9.17) is 4.42 Å². The lowest BCUT2D eigenvalue weighted by molar-refractivity contribution is 0.0641. The Morgan fingerprint density at radius 3 is 2.46 bits per heavy atom. The van der Waals surface area contributed by atoms with Crippen molar-refractivity contribution in [2.24, 2.45) is 0 Å². The summed E-state index contributed by atoms with van der Waals surface area (Å²) < 4.78 is 5.20. The van der Waals surface area contributed by atoms with E-state index in [1.54, 1.807) is 28.0 Å². The molecule has 1 aliphatic heterocycles. The van der Waals surface area contributed by atoms with Gasteiger partial charge in [0, 0.05) is 44.8 Å². The van der Waals surface area contributed by atoms with Crippen molar-refractivity contribution >= 4 is 23.0 Å². The lowest BCUT2D eigenvalue weighted by Gasteiger charge is -2.37. The number of carbonyl (C=O) groups excluding carboxylic acids is 2. The monoisotopic (exact) mass is 330 g/mol. The Kier molecular flexibility index (Phi) is 4.69. The van der Waals surface area contributed by atoms with Crippen LogP contribution in [0.25, 0.3) is 11.1 Å². The van der Waals surface area contributed by atoms with E-state index in [2.05, 4.69) is 4.98 Å². The molecule has 0 bridgehead atoms. The molecule has 7 nitrogen and oxygen atoms in total. The third kappa shape index (κ3) is 3.06. The van der Waals surface area contributed by atoms with Crippen molar-refractivity contribution in [3.05, 3.63) is 30.2 Å². The third-order valence-corrected chi connectivity index (χ3v) is 4.45. The molecular formula is C17H22N4O3. The highest BCUT2D eigenvalue weighted by atomic mass is 16.3. The summed E-state index contributed by atoms with van der Waals surface area (Å²) in [5.74, 6) is -0.0326. The Bertz CT molecular complexity index is 730. The maximum atomic E-state index is 12.6. The first-order valence-corrected chi connectivity index (χ1v) is 8.30. The Morgan fingerprint density at radius 2 is 1.79 bits per heavy atom. The molecule has 0 aliphatic carbocycles. The van der Waals surface area contributed by atoms with Crippen LogP contribution in [0.3, 0.4) is 0 Å². The lowest BCUT2D eigenvalue weighted by Crippen LogP contribution is -2.54. The van der Waals surface area contributed by atoms with E-state index in [0.717, 1.165) is 0 Å². The van der Waals surface area contributed by atoms with E-state index in [1.807, 2.05) is 18.7 Å². The fourth-order valence-corrected chi connectivity index (χ4v) is 2.97. The van der Waals surface area contributed by atoms with Crippen LogP contribution in [0.2, 0.25) is 0 Å². The summed E-state index contributed by atoms with van der Waals surface area (Å²) in [7, 11) is 0. The number of fused-ring (bicyclic) bond motifs is 1. The van der Waals surface area contributed by atoms with Crippen molar-refractivity contribution < 1.29 is 14.0 Å². The zero-order valence-electron chi connectivity index (χ0n) is 14.1. The van der Waals surface area contributed by atoms with Crippen LogP contribution < -0.4 is 0 Å². The number of hydrogen-bond donors (Lipinski definition) is 0. The molecule has 1 aliphatic rings. The van der Waals surface area contributed by atoms with Gasteiger partial charge in [0.2, 0.25) is 0 Å². The largest absolute Gasteiger partial charge is 0.443 e. The average molecular weight is 330 g/mol. The molecule has 0 unspecified atom stereocenters. The van der Waals surface area contributed by atoms with E-state index >= 15 is 0 Å². The summed E-state index contributed by atoms with van der Waals surface area (Å²) in [6.07, 6.45) is 1.37. The molecule has 3 rings (SSSR count). The van der Waals surface area contributed by atoms with Gasteiger partial charge >= 0.3 is 6.03 Å². The molecule has 3 amide bonds. The highest BCUT2D eigenvalue weighted by Crippen LogP contribution is 2.16. The molecule has 7 heteroatoms. The molecule has 1 fully saturated rings. The van der Waals surface area contributed by atoms with Gasteiger partial charge in [-0.25, -0.2) is 9.78 Å². The highest BCUT2D eigenvalue weighted by molar-refractivity contribution is 5.97. The second-order valence-electron chi connectivity index (χ2n) is 5.77. The average Bonchev–Trinajstić information content (AvgIpc) is 3.10. The highest BCUT2D eigenvalue weighted by Gasteiger charge is 2.26. The summed E-state index contributed by atoms with van der Waals surface area (Å²) in [6.45, 7) is 7.56. The fraction of sp³-hybridized carbons (Fsp3) is 0.471. The van der Waals surface area contributed by atoms with E-state index in [1.165, 1.54) is 6.39 Å². The SMILES string of the molecule is CCN(CC)C(=O)N1CCN(C(=O)c2ccc3ocnc3c2)CC1. The van der Waals surface area contributed by atoms with Crippen LogP contribution in [0, 0.1) is 0 Å². The number of aromatic nitrogens is 1. The second-order valence-corrected chi connectivity index (χ2v) is 5.77. The number of rotatable bonds is 3. The van der Waals surface area contributed by atoms with Crippen LogP contribution in [0.5, 0.6) is 0 Å². The second kappa shape index (κ2) is 6.90. The number of nitrogens with zero attached hydrogens (tertiary/aromatic N) is 4. The molecule has 1 aromatic heterocycles. The topological polar surface area (TPSA) is 69.9 Å². The van der Waals surface area contributed by atoms with E-state index in [9.17, 15) is 9.59 Å². The standard InChI is InChI=1S/C17H22N4O3/c1-3-19(4-2)17(23)21-9-7-20(8-10-21)16(22)13-5-6-15-14(11-13)18-12-24-15/h5-6,11-12H,3-4,7-10H2,1-2H3. The number of carbonyl (C=O) groups is 2. The van der Waals surface area contributed by atoms with Gasteiger partial charge < -0.3 is 19.1 Å². The Morgan fingerprint density at radius 1 is 1.12 bits per heavy atom. The molecule has 24 heavy (non-hydrogen) atoms. The van der Waals surface area contributed by atoms with Gasteiger partial charge in [-0.3, -0.25) is 4.79 Å². The summed E-state index contributed by atoms with van der Waals surface area (Å²) in [5.41, 5.74) is 1.94. The Balaban J connectivity index is 1.63. The first-order valence-electron chi connectivity index (χ1n) is 8.30. The maximum absolute atomic E-state index is 12.6. The van der Waals surface area contributed by atoms with Gasteiger partial charge in [-0.1, -0.05) is 0 Å². The zero-order valence-corrected chi connectivity index (χ0v) is 14.1. The van der Waals surface area contributed by atoms with Crippen molar-refractivity contribution in [1.82, 2.24) is 19.7 Å². The molecule has 0 radical (unpaired) electrons. The molecule has 1 saturated heterocycles. The molecule has 2 aromatic rings. The van der Waals surface area contributed by atoms with Crippen molar-refractivity contribution in [2.75, 3.05) is 39.3 Å². The summed E-state index contributed by atoms with van der Waals surface area (Å²) in [6, 6.07) is 5.31. The normalized spacial score (nSPS) is 14.9. The molecular weight excluding hydrogens is 308 g/mol. The third-order valence-electron chi connectivity index (χ3n) is 4.45. The van der Waals surface area contributed by atoms with Gasteiger partial charge in [-0.05, 0) is 32.0 Å². The number of benzene rings is 1. The van der Waals surface area contributed by atoms with Crippen molar-refractivity contribution in [1.29, 1.82) is 0 Å². The van der Waals surface area contributed by atoms with Gasteiger partial charge in [0.15, 0.2) is 12.0 Å². The molecule has 1 aromatic carbocycles. The quantitative estimate of drug-likeness (QED) is 0.863. The number of oxazole rings is 1. The van der Waals surface area contributed by atoms with Crippen LogP contribution in [0.4, 0.5) is 4.79 Å². The van der Waals surface area contributed by atoms with Gasteiger partial charge in [-0.2, -0.15) is 0 Å². The van der Waals surface area contributed by atoms with Crippen LogP contribution in [0.1, 0.15) is 24.2 Å². The molecule has 0 saturated carbocycles. The van der Waals surface area contributed by atoms with Crippen molar-refractivity contribution in [3.8, 4) is 0 Å². The van der Waals surface area contributed by atoms with Crippen molar-refractivity contribution in [3.63, 3.8) is 0 Å². The Hall–Kier alpha value is -2.57. The van der Waals surface area contributed by atoms with Crippen LogP contribution in [-0.4, -0.2) is 70.9 Å². The van der Waals surface area contributed by atoms with E-state index in [0.29, 0.717) is 55.9 Å². The lowest BCUT2D eigenvalue weighted by atomic mass is 10.1. The first kappa shape index (κ1) is 16.3. The van der Waals surface area contributed by atoms with Crippen LogP contribution >= 0.6 is 0 Å².